The summed E-state index contributed by atoms with van der Waals surface area (Å²) >= 11 is 12.5. The number of carbonyl (C=O) groups excluding carboxylic acids is 2. The van der Waals surface area contributed by atoms with Crippen molar-refractivity contribution in [1.82, 2.24) is 10.3 Å². The summed E-state index contributed by atoms with van der Waals surface area (Å²) in [4.78, 5) is 32.1. The highest BCUT2D eigenvalue weighted by molar-refractivity contribution is 6.31. The van der Waals surface area contributed by atoms with E-state index in [2.05, 4.69) is 20.9 Å². The van der Waals surface area contributed by atoms with Crippen LogP contribution in [-0.2, 0) is 15.0 Å². The molecule has 7 nitrogen and oxygen atoms in total. The number of benzene rings is 2. The number of pyridine rings is 1. The molecule has 1 saturated heterocycles. The lowest BCUT2D eigenvalue weighted by Gasteiger charge is -2.37. The van der Waals surface area contributed by atoms with Gasteiger partial charge in [0.05, 0.1) is 16.6 Å². The second-order valence-corrected chi connectivity index (χ2v) is 12.0. The third-order valence-electron chi connectivity index (χ3n) is 7.36. The van der Waals surface area contributed by atoms with E-state index in [4.69, 9.17) is 28.5 Å². The number of carbonyl (C=O) groups is 2. The smallest absolute Gasteiger partial charge is 0.243 e. The van der Waals surface area contributed by atoms with E-state index in [-0.39, 0.29) is 27.7 Å². The summed E-state index contributed by atoms with van der Waals surface area (Å²) in [6, 6.07) is 13.2. The van der Waals surface area contributed by atoms with E-state index in [0.717, 1.165) is 0 Å². The summed E-state index contributed by atoms with van der Waals surface area (Å²) in [6.45, 7) is 6.13. The molecule has 200 valence electrons. The number of halogens is 3. The third-order valence-corrected chi connectivity index (χ3v) is 7.89. The van der Waals surface area contributed by atoms with Gasteiger partial charge in [-0.3, -0.25) is 9.59 Å². The van der Waals surface area contributed by atoms with Crippen LogP contribution in [0.4, 0.5) is 15.9 Å². The van der Waals surface area contributed by atoms with E-state index < -0.39 is 35.1 Å². The van der Waals surface area contributed by atoms with Gasteiger partial charge in [-0.2, -0.15) is 5.26 Å². The lowest BCUT2D eigenvalue weighted by atomic mass is 9.62. The van der Waals surface area contributed by atoms with Crippen molar-refractivity contribution in [1.29, 1.82) is 5.26 Å². The SMILES string of the molecule is CC(C)(C)C[C@@H]1N[C@@H](C(=O)Nc2ccc(C#N)cn2)[C@H](c2cccc(Cl)c2F)[C@]12C(=O)Nc1cc(Cl)ccc12. The minimum absolute atomic E-state index is 0.107. The molecule has 10 heteroatoms. The van der Waals surface area contributed by atoms with Crippen LogP contribution in [0.2, 0.25) is 10.0 Å². The van der Waals surface area contributed by atoms with Crippen LogP contribution < -0.4 is 16.0 Å². The van der Waals surface area contributed by atoms with Crippen LogP contribution in [0.3, 0.4) is 0 Å². The van der Waals surface area contributed by atoms with Crippen molar-refractivity contribution in [2.45, 2.75) is 50.6 Å². The van der Waals surface area contributed by atoms with Gasteiger partial charge in [0, 0.05) is 28.9 Å². The summed E-state index contributed by atoms with van der Waals surface area (Å²) in [5.74, 6) is -2.28. The number of nitrogens with zero attached hydrogens (tertiary/aromatic N) is 2. The monoisotopic (exact) mass is 565 g/mol. The van der Waals surface area contributed by atoms with Crippen molar-refractivity contribution in [2.75, 3.05) is 10.6 Å². The number of nitrogens with one attached hydrogen (secondary N) is 3. The Morgan fingerprint density at radius 2 is 1.97 bits per heavy atom. The zero-order valence-corrected chi connectivity index (χ0v) is 23.0. The number of fused-ring (bicyclic) bond motifs is 2. The Labute approximate surface area is 235 Å². The fourth-order valence-electron chi connectivity index (χ4n) is 5.89. The van der Waals surface area contributed by atoms with Crippen molar-refractivity contribution in [3.8, 4) is 6.07 Å². The maximum absolute atomic E-state index is 15.8. The van der Waals surface area contributed by atoms with E-state index in [1.54, 1.807) is 30.3 Å². The molecule has 3 N–H and O–H groups in total. The van der Waals surface area contributed by atoms with Crippen molar-refractivity contribution in [3.63, 3.8) is 0 Å². The largest absolute Gasteiger partial charge is 0.325 e. The second-order valence-electron chi connectivity index (χ2n) is 11.1. The summed E-state index contributed by atoms with van der Waals surface area (Å²) in [5, 5.41) is 18.5. The molecule has 0 aliphatic carbocycles. The fraction of sp³-hybridized carbons (Fsp3) is 0.310. The first-order valence-corrected chi connectivity index (χ1v) is 13.2. The van der Waals surface area contributed by atoms with E-state index >= 15 is 4.39 Å². The molecule has 39 heavy (non-hydrogen) atoms. The van der Waals surface area contributed by atoms with Gasteiger partial charge >= 0.3 is 0 Å². The lowest BCUT2D eigenvalue weighted by Crippen LogP contribution is -2.49. The van der Waals surface area contributed by atoms with Gasteiger partial charge in [0.25, 0.3) is 0 Å². The van der Waals surface area contributed by atoms with Crippen LogP contribution in [0.25, 0.3) is 0 Å². The molecule has 1 spiro atoms. The Morgan fingerprint density at radius 3 is 2.64 bits per heavy atom. The quantitative estimate of drug-likeness (QED) is 0.371. The minimum Gasteiger partial charge on any atom is -0.325 e. The molecular weight excluding hydrogens is 540 g/mol. The first-order valence-electron chi connectivity index (χ1n) is 12.4. The predicted octanol–water partition coefficient (Wildman–Crippen LogP) is 5.79. The van der Waals surface area contributed by atoms with Crippen LogP contribution in [0.1, 0.15) is 49.8 Å². The van der Waals surface area contributed by atoms with E-state index in [1.165, 1.54) is 24.4 Å². The Morgan fingerprint density at radius 1 is 1.21 bits per heavy atom. The number of anilines is 2. The van der Waals surface area contributed by atoms with Gasteiger partial charge in [-0.05, 0) is 53.3 Å². The molecule has 2 aliphatic heterocycles. The third kappa shape index (κ3) is 4.65. The molecule has 2 amide bonds. The van der Waals surface area contributed by atoms with Gasteiger partial charge in [-0.15, -0.1) is 0 Å². The zero-order valence-electron chi connectivity index (χ0n) is 21.5. The fourth-order valence-corrected chi connectivity index (χ4v) is 6.24. The van der Waals surface area contributed by atoms with Crippen LogP contribution in [0.15, 0.2) is 54.7 Å². The lowest BCUT2D eigenvalue weighted by molar-refractivity contribution is -0.122. The molecule has 3 heterocycles. The number of rotatable bonds is 4. The van der Waals surface area contributed by atoms with E-state index in [0.29, 0.717) is 28.3 Å². The average Bonchev–Trinajstić information content (AvgIpc) is 3.35. The van der Waals surface area contributed by atoms with Crippen LogP contribution in [0, 0.1) is 22.6 Å². The predicted molar refractivity (Wildman–Crippen MR) is 148 cm³/mol. The Hall–Kier alpha value is -3.51. The van der Waals surface area contributed by atoms with Crippen LogP contribution in [-0.4, -0.2) is 28.9 Å². The number of amides is 2. The first kappa shape index (κ1) is 27.1. The van der Waals surface area contributed by atoms with Crippen LogP contribution in [0.5, 0.6) is 0 Å². The topological polar surface area (TPSA) is 107 Å². The molecule has 0 saturated carbocycles. The second kappa shape index (κ2) is 9.91. The van der Waals surface area contributed by atoms with E-state index in [1.807, 2.05) is 26.8 Å². The van der Waals surface area contributed by atoms with Gasteiger partial charge in [0.1, 0.15) is 23.1 Å². The van der Waals surface area contributed by atoms with Crippen molar-refractivity contribution >= 4 is 46.5 Å². The first-order chi connectivity index (χ1) is 18.5. The number of aromatic nitrogens is 1. The maximum atomic E-state index is 15.8. The molecule has 2 aromatic carbocycles. The molecule has 0 unspecified atom stereocenters. The highest BCUT2D eigenvalue weighted by Gasteiger charge is 2.66. The standard InChI is InChI=1S/C29H26Cl2FN5O2/c1-28(2,3)12-21-29(18-9-8-16(30)11-20(18)35-27(29)39)23(17-5-4-6-19(31)24(17)32)25(36-21)26(38)37-22-10-7-15(13-33)14-34-22/h4-11,14,21,23,25,36H,12H2,1-3H3,(H,35,39)(H,34,37,38)/t21-,23-,25+,29+/m0/s1. The van der Waals surface area contributed by atoms with Gasteiger partial charge < -0.3 is 16.0 Å². The zero-order chi connectivity index (χ0) is 28.1. The minimum atomic E-state index is -1.35. The highest BCUT2D eigenvalue weighted by Crippen LogP contribution is 2.57. The molecule has 2 aliphatic rings. The van der Waals surface area contributed by atoms with Crippen molar-refractivity contribution in [2.24, 2.45) is 5.41 Å². The van der Waals surface area contributed by atoms with Crippen LogP contribution >= 0.6 is 23.2 Å². The molecule has 0 radical (unpaired) electrons. The van der Waals surface area contributed by atoms with Gasteiger partial charge in [-0.25, -0.2) is 9.37 Å². The van der Waals surface area contributed by atoms with Gasteiger partial charge in [0.15, 0.2) is 0 Å². The molecule has 5 rings (SSSR count). The van der Waals surface area contributed by atoms with E-state index in [9.17, 15) is 9.59 Å². The van der Waals surface area contributed by atoms with Gasteiger partial charge in [-0.1, -0.05) is 62.2 Å². The summed E-state index contributed by atoms with van der Waals surface area (Å²) in [7, 11) is 0. The Kier molecular flexibility index (Phi) is 6.88. The molecule has 1 aromatic heterocycles. The number of hydrogen-bond acceptors (Lipinski definition) is 5. The molecule has 0 bridgehead atoms. The molecule has 4 atom stereocenters. The van der Waals surface area contributed by atoms with Crippen molar-refractivity contribution in [3.05, 3.63) is 87.3 Å². The van der Waals surface area contributed by atoms with Gasteiger partial charge in [0.2, 0.25) is 11.8 Å². The Bertz CT molecular complexity index is 1520. The Balaban J connectivity index is 1.71. The van der Waals surface area contributed by atoms with Crippen molar-refractivity contribution < 1.29 is 14.0 Å². The number of nitriles is 1. The maximum Gasteiger partial charge on any atom is 0.243 e. The summed E-state index contributed by atoms with van der Waals surface area (Å²) in [6.07, 6.45) is 1.85. The molecule has 3 aromatic rings. The summed E-state index contributed by atoms with van der Waals surface area (Å²) < 4.78 is 15.8. The number of hydrogen-bond donors (Lipinski definition) is 3. The average molecular weight is 566 g/mol. The summed E-state index contributed by atoms with van der Waals surface area (Å²) in [5.41, 5.74) is 0.0479. The highest BCUT2D eigenvalue weighted by atomic mass is 35.5. The molecular formula is C29H26Cl2FN5O2. The normalized spacial score (nSPS) is 23.8. The molecule has 1 fully saturated rings.